The van der Waals surface area contributed by atoms with Crippen molar-refractivity contribution in [1.29, 1.82) is 0 Å². The quantitative estimate of drug-likeness (QED) is 0.857. The molecule has 5 heteroatoms. The van der Waals surface area contributed by atoms with E-state index in [1.165, 1.54) is 11.3 Å². The van der Waals surface area contributed by atoms with Gasteiger partial charge in [-0.05, 0) is 6.92 Å². The second-order valence-electron chi connectivity index (χ2n) is 3.46. The molecule has 0 saturated heterocycles. The molecular formula is C10H13N3OS. The lowest BCUT2D eigenvalue weighted by atomic mass is 10.2. The van der Waals surface area contributed by atoms with Crippen molar-refractivity contribution in [1.82, 2.24) is 14.5 Å². The van der Waals surface area contributed by atoms with Crippen molar-refractivity contribution in [3.05, 3.63) is 34.3 Å². The minimum atomic E-state index is -0.503. The highest BCUT2D eigenvalue weighted by molar-refractivity contribution is 7.11. The van der Waals surface area contributed by atoms with Gasteiger partial charge in [0.1, 0.15) is 5.82 Å². The number of thiazole rings is 1. The number of nitrogens with zero attached hydrogens (tertiary/aromatic N) is 3. The van der Waals surface area contributed by atoms with E-state index < -0.39 is 6.10 Å². The van der Waals surface area contributed by atoms with Crippen molar-refractivity contribution in [2.24, 2.45) is 7.05 Å². The van der Waals surface area contributed by atoms with E-state index in [2.05, 4.69) is 9.97 Å². The highest BCUT2D eigenvalue weighted by Gasteiger charge is 2.13. The van der Waals surface area contributed by atoms with Crippen molar-refractivity contribution in [3.8, 4) is 0 Å². The lowest BCUT2D eigenvalue weighted by molar-refractivity contribution is 0.178. The predicted molar refractivity (Wildman–Crippen MR) is 58.7 cm³/mol. The summed E-state index contributed by atoms with van der Waals surface area (Å²) in [5.74, 6) is 0.883. The van der Waals surface area contributed by atoms with Crippen LogP contribution in [0.3, 0.4) is 0 Å². The van der Waals surface area contributed by atoms with Gasteiger partial charge in [-0.3, -0.25) is 0 Å². The van der Waals surface area contributed by atoms with Crippen LogP contribution in [0.25, 0.3) is 0 Å². The maximum absolute atomic E-state index is 9.95. The first kappa shape index (κ1) is 10.3. The van der Waals surface area contributed by atoms with Crippen LogP contribution in [0.15, 0.2) is 18.6 Å². The Morgan fingerprint density at radius 2 is 2.33 bits per heavy atom. The average molecular weight is 223 g/mol. The molecule has 0 spiro atoms. The highest BCUT2D eigenvalue weighted by atomic mass is 32.1. The number of hydrogen-bond acceptors (Lipinski definition) is 4. The van der Waals surface area contributed by atoms with Crippen molar-refractivity contribution in [3.63, 3.8) is 0 Å². The monoisotopic (exact) mass is 223 g/mol. The molecule has 15 heavy (non-hydrogen) atoms. The number of aliphatic hydroxyl groups is 1. The van der Waals surface area contributed by atoms with Gasteiger partial charge >= 0.3 is 0 Å². The Balaban J connectivity index is 2.10. The molecule has 0 amide bonds. The first-order chi connectivity index (χ1) is 7.16. The molecule has 1 N–H and O–H groups in total. The molecule has 2 heterocycles. The molecule has 0 bridgehead atoms. The smallest absolute Gasteiger partial charge is 0.111 e. The van der Waals surface area contributed by atoms with E-state index in [0.717, 1.165) is 15.7 Å². The molecule has 0 saturated carbocycles. The first-order valence-corrected chi connectivity index (χ1v) is 5.55. The summed E-state index contributed by atoms with van der Waals surface area (Å²) in [4.78, 5) is 9.19. The third-order valence-corrected chi connectivity index (χ3v) is 3.28. The third-order valence-electron chi connectivity index (χ3n) is 2.26. The maximum atomic E-state index is 9.95. The number of aromatic nitrogens is 3. The molecule has 0 aromatic carbocycles. The van der Waals surface area contributed by atoms with E-state index in [9.17, 15) is 5.11 Å². The molecule has 1 unspecified atom stereocenters. The molecule has 1 atom stereocenters. The van der Waals surface area contributed by atoms with Gasteiger partial charge in [0.25, 0.3) is 0 Å². The summed E-state index contributed by atoms with van der Waals surface area (Å²) in [6.07, 6.45) is 5.37. The number of imidazole rings is 1. The molecule has 0 aliphatic heterocycles. The Morgan fingerprint density at radius 1 is 1.53 bits per heavy atom. The van der Waals surface area contributed by atoms with Gasteiger partial charge in [-0.25, -0.2) is 9.97 Å². The van der Waals surface area contributed by atoms with Crippen LogP contribution in [-0.2, 0) is 13.5 Å². The molecule has 0 radical (unpaired) electrons. The summed E-state index contributed by atoms with van der Waals surface area (Å²) in [5, 5.41) is 10.9. The van der Waals surface area contributed by atoms with Gasteiger partial charge in [0, 0.05) is 32.1 Å². The van der Waals surface area contributed by atoms with Crippen LogP contribution < -0.4 is 0 Å². The molecule has 80 valence electrons. The zero-order valence-electron chi connectivity index (χ0n) is 8.71. The summed E-state index contributed by atoms with van der Waals surface area (Å²) in [5.41, 5.74) is 0. The molecular weight excluding hydrogens is 210 g/mol. The van der Waals surface area contributed by atoms with Crippen molar-refractivity contribution >= 4 is 11.3 Å². The Hall–Kier alpha value is -1.20. The van der Waals surface area contributed by atoms with E-state index >= 15 is 0 Å². The van der Waals surface area contributed by atoms with E-state index in [0.29, 0.717) is 6.42 Å². The molecule has 2 rings (SSSR count). The van der Waals surface area contributed by atoms with Crippen molar-refractivity contribution in [2.45, 2.75) is 19.4 Å². The maximum Gasteiger partial charge on any atom is 0.111 e. The van der Waals surface area contributed by atoms with E-state index in [-0.39, 0.29) is 0 Å². The van der Waals surface area contributed by atoms with Gasteiger partial charge in [-0.15, -0.1) is 11.3 Å². The summed E-state index contributed by atoms with van der Waals surface area (Å²) in [7, 11) is 1.92. The predicted octanol–water partition coefficient (Wildman–Crippen LogP) is 1.46. The Kier molecular flexibility index (Phi) is 2.83. The Bertz CT molecular complexity index is 449. The number of aryl methyl sites for hydroxylation is 2. The Labute approximate surface area is 92.2 Å². The molecule has 0 fully saturated rings. The molecule has 2 aromatic heterocycles. The van der Waals surface area contributed by atoms with Gasteiger partial charge in [0.2, 0.25) is 0 Å². The van der Waals surface area contributed by atoms with Gasteiger partial charge < -0.3 is 9.67 Å². The van der Waals surface area contributed by atoms with E-state index in [4.69, 9.17) is 0 Å². The SMILES string of the molecule is Cc1ncc(C(O)Cc2nccn2C)s1. The van der Waals surface area contributed by atoms with Crippen molar-refractivity contribution < 1.29 is 5.11 Å². The number of aliphatic hydroxyl groups excluding tert-OH is 1. The molecule has 2 aromatic rings. The summed E-state index contributed by atoms with van der Waals surface area (Å²) in [6.45, 7) is 1.93. The lowest BCUT2D eigenvalue weighted by Crippen LogP contribution is -2.05. The van der Waals surface area contributed by atoms with E-state index in [1.807, 2.05) is 24.7 Å². The summed E-state index contributed by atoms with van der Waals surface area (Å²) >= 11 is 1.53. The zero-order chi connectivity index (χ0) is 10.8. The number of rotatable bonds is 3. The average Bonchev–Trinajstić information content (AvgIpc) is 2.77. The van der Waals surface area contributed by atoms with Crippen molar-refractivity contribution in [2.75, 3.05) is 0 Å². The minimum Gasteiger partial charge on any atom is -0.387 e. The molecule has 4 nitrogen and oxygen atoms in total. The van der Waals surface area contributed by atoms with Crippen LogP contribution in [-0.4, -0.2) is 19.6 Å². The van der Waals surface area contributed by atoms with Gasteiger partial charge in [0.05, 0.1) is 16.0 Å². The minimum absolute atomic E-state index is 0.503. The first-order valence-electron chi connectivity index (χ1n) is 4.73. The largest absolute Gasteiger partial charge is 0.387 e. The van der Waals surface area contributed by atoms with Crippen LogP contribution in [0.4, 0.5) is 0 Å². The van der Waals surface area contributed by atoms with Gasteiger partial charge in [0.15, 0.2) is 0 Å². The molecule has 0 aliphatic rings. The van der Waals surface area contributed by atoms with Crippen LogP contribution in [0.1, 0.15) is 21.8 Å². The fourth-order valence-corrected chi connectivity index (χ4v) is 2.17. The van der Waals surface area contributed by atoms with Gasteiger partial charge in [-0.2, -0.15) is 0 Å². The van der Waals surface area contributed by atoms with Crippen LogP contribution in [0.5, 0.6) is 0 Å². The van der Waals surface area contributed by atoms with Crippen LogP contribution in [0, 0.1) is 6.92 Å². The van der Waals surface area contributed by atoms with Gasteiger partial charge in [-0.1, -0.05) is 0 Å². The normalized spacial score (nSPS) is 13.0. The topological polar surface area (TPSA) is 50.9 Å². The fraction of sp³-hybridized carbons (Fsp3) is 0.400. The molecule has 0 aliphatic carbocycles. The Morgan fingerprint density at radius 3 is 2.87 bits per heavy atom. The summed E-state index contributed by atoms with van der Waals surface area (Å²) in [6, 6.07) is 0. The van der Waals surface area contributed by atoms with Crippen LogP contribution in [0.2, 0.25) is 0 Å². The fourth-order valence-electron chi connectivity index (χ4n) is 1.40. The highest BCUT2D eigenvalue weighted by Crippen LogP contribution is 2.22. The third kappa shape index (κ3) is 2.24. The second kappa shape index (κ2) is 4.12. The standard InChI is InChI=1S/C10H13N3OS/c1-7-12-6-9(15-7)8(14)5-10-11-3-4-13(10)2/h3-4,6,8,14H,5H2,1-2H3. The zero-order valence-corrected chi connectivity index (χ0v) is 9.53. The number of hydrogen-bond donors (Lipinski definition) is 1. The second-order valence-corrected chi connectivity index (χ2v) is 4.72. The lowest BCUT2D eigenvalue weighted by Gasteiger charge is -2.07. The van der Waals surface area contributed by atoms with E-state index in [1.54, 1.807) is 12.4 Å². The summed E-state index contributed by atoms with van der Waals surface area (Å²) < 4.78 is 1.91. The van der Waals surface area contributed by atoms with Crippen LogP contribution >= 0.6 is 11.3 Å².